The Morgan fingerprint density at radius 2 is 1.58 bits per heavy atom. The first-order chi connectivity index (χ1) is 25.7. The van der Waals surface area contributed by atoms with Gasteiger partial charge in [-0.3, -0.25) is 9.69 Å². The fraction of sp³-hybridized carbons (Fsp3) is 0.837. The van der Waals surface area contributed by atoms with Crippen LogP contribution in [0, 0.1) is 23.7 Å². The number of methoxy groups -OCH3 is 1. The van der Waals surface area contributed by atoms with Crippen LogP contribution in [0.1, 0.15) is 107 Å². The zero-order valence-electron chi connectivity index (χ0n) is 35.3. The van der Waals surface area contributed by atoms with E-state index in [1.165, 1.54) is 6.92 Å². The molecule has 18 atom stereocenters. The van der Waals surface area contributed by atoms with Gasteiger partial charge in [-0.15, -0.1) is 0 Å². The topological polar surface area (TPSA) is 146 Å². The van der Waals surface area contributed by atoms with Crippen molar-refractivity contribution in [2.24, 2.45) is 23.7 Å². The highest BCUT2D eigenvalue weighted by atomic mass is 16.7. The van der Waals surface area contributed by atoms with Crippen LogP contribution >= 0.6 is 0 Å². The molecule has 4 fully saturated rings. The SMILES string of the molecule is CC[C@H]1OC(=O)[C@H](C)[C@@H](OC2C[C@@](C)(OC)C[C@H](C)O2)[C@H](C)[C@@H](OC2O[C@H](C)C[C@H](N(C)Cc3ccccc3)[C@H]2O)[C@@]2(C)C[C@H](C)[C@H](O2)[C@H](C)[C@@H](O)[C@]1(C)O. The van der Waals surface area contributed by atoms with Crippen LogP contribution in [-0.4, -0.2) is 125 Å². The average molecular weight is 778 g/mol. The molecule has 55 heavy (non-hydrogen) atoms. The summed E-state index contributed by atoms with van der Waals surface area (Å²) in [5.74, 6) is -2.55. The molecule has 0 saturated carbocycles. The Kier molecular flexibility index (Phi) is 14.2. The van der Waals surface area contributed by atoms with E-state index >= 15 is 0 Å². The van der Waals surface area contributed by atoms with Crippen molar-refractivity contribution in [3.05, 3.63) is 35.9 Å². The number of carbonyl (C=O) groups excluding carboxylic acids is 1. The van der Waals surface area contributed by atoms with E-state index in [0.29, 0.717) is 32.2 Å². The molecule has 12 nitrogen and oxygen atoms in total. The predicted octanol–water partition coefficient (Wildman–Crippen LogP) is 5.22. The van der Waals surface area contributed by atoms with Crippen LogP contribution in [0.5, 0.6) is 0 Å². The summed E-state index contributed by atoms with van der Waals surface area (Å²) in [5, 5.41) is 35.7. The number of hydrogen-bond acceptors (Lipinski definition) is 12. The Labute approximate surface area is 329 Å². The molecule has 2 bridgehead atoms. The van der Waals surface area contributed by atoms with E-state index in [9.17, 15) is 20.1 Å². The van der Waals surface area contributed by atoms with Crippen molar-refractivity contribution in [3.8, 4) is 0 Å². The van der Waals surface area contributed by atoms with E-state index in [1.54, 1.807) is 14.0 Å². The zero-order valence-corrected chi connectivity index (χ0v) is 35.3. The number of carbonyl (C=O) groups is 1. The van der Waals surface area contributed by atoms with Crippen molar-refractivity contribution in [1.29, 1.82) is 0 Å². The van der Waals surface area contributed by atoms with Gasteiger partial charge in [0.05, 0.1) is 53.7 Å². The van der Waals surface area contributed by atoms with Crippen molar-refractivity contribution < 1.29 is 53.3 Å². The van der Waals surface area contributed by atoms with Gasteiger partial charge in [-0.2, -0.15) is 0 Å². The van der Waals surface area contributed by atoms with Crippen LogP contribution in [-0.2, 0) is 44.5 Å². The number of cyclic esters (lactones) is 1. The molecule has 314 valence electrons. The lowest BCUT2D eigenvalue weighted by Crippen LogP contribution is -2.59. The second kappa shape index (κ2) is 17.6. The van der Waals surface area contributed by atoms with E-state index in [-0.39, 0.29) is 30.6 Å². The minimum Gasteiger partial charge on any atom is -0.459 e. The van der Waals surface area contributed by atoms with E-state index in [0.717, 1.165) is 5.56 Å². The molecule has 4 aliphatic heterocycles. The first-order valence-corrected chi connectivity index (χ1v) is 20.6. The van der Waals surface area contributed by atoms with Gasteiger partial charge in [0, 0.05) is 44.4 Å². The van der Waals surface area contributed by atoms with Crippen molar-refractivity contribution in [3.63, 3.8) is 0 Å². The number of hydrogen-bond donors (Lipinski definition) is 3. The molecule has 4 saturated heterocycles. The van der Waals surface area contributed by atoms with Gasteiger partial charge in [-0.05, 0) is 79.3 Å². The van der Waals surface area contributed by atoms with Gasteiger partial charge in [0.15, 0.2) is 12.6 Å². The van der Waals surface area contributed by atoms with Crippen LogP contribution in [0.3, 0.4) is 0 Å². The summed E-state index contributed by atoms with van der Waals surface area (Å²) >= 11 is 0. The van der Waals surface area contributed by atoms with E-state index in [2.05, 4.69) is 24.0 Å². The largest absolute Gasteiger partial charge is 0.459 e. The molecular formula is C43H71NO11. The first-order valence-electron chi connectivity index (χ1n) is 20.6. The number of fused-ring (bicyclic) bond motifs is 2. The minimum absolute atomic E-state index is 0.0445. The number of benzene rings is 1. The number of esters is 1. The zero-order chi connectivity index (χ0) is 40.6. The maximum atomic E-state index is 14.3. The quantitative estimate of drug-likeness (QED) is 0.283. The fourth-order valence-corrected chi connectivity index (χ4v) is 10.2. The normalized spacial score (nSPS) is 47.4. The number of aliphatic hydroxyl groups excluding tert-OH is 2. The molecule has 0 radical (unpaired) electrons. The monoisotopic (exact) mass is 778 g/mol. The van der Waals surface area contributed by atoms with Crippen molar-refractivity contribution in [2.75, 3.05) is 14.2 Å². The van der Waals surface area contributed by atoms with Gasteiger partial charge in [0.1, 0.15) is 17.8 Å². The van der Waals surface area contributed by atoms with Gasteiger partial charge < -0.3 is 48.5 Å². The molecular weight excluding hydrogens is 706 g/mol. The molecule has 1 aromatic rings. The van der Waals surface area contributed by atoms with Gasteiger partial charge >= 0.3 is 5.97 Å². The minimum atomic E-state index is -1.77. The summed E-state index contributed by atoms with van der Waals surface area (Å²) in [5.41, 5.74) is -2.12. The first kappa shape index (κ1) is 44.4. The van der Waals surface area contributed by atoms with Crippen molar-refractivity contribution in [2.45, 2.75) is 192 Å². The number of aliphatic hydroxyl groups is 3. The third kappa shape index (κ3) is 9.61. The molecule has 0 spiro atoms. The summed E-state index contributed by atoms with van der Waals surface area (Å²) in [6, 6.07) is 9.88. The Morgan fingerprint density at radius 3 is 2.22 bits per heavy atom. The second-order valence-corrected chi connectivity index (χ2v) is 18.2. The Hall–Kier alpha value is -1.71. The molecule has 2 unspecified atom stereocenters. The molecule has 5 rings (SSSR count). The molecule has 12 heteroatoms. The Morgan fingerprint density at radius 1 is 0.909 bits per heavy atom. The number of likely N-dealkylation sites (N-methyl/N-ethyl adjacent to an activating group) is 1. The summed E-state index contributed by atoms with van der Waals surface area (Å²) in [6.45, 7) is 19.7. The maximum absolute atomic E-state index is 14.3. The van der Waals surface area contributed by atoms with E-state index in [4.69, 9.17) is 33.2 Å². The molecule has 0 aromatic heterocycles. The van der Waals surface area contributed by atoms with Crippen LogP contribution in [0.15, 0.2) is 30.3 Å². The third-order valence-corrected chi connectivity index (χ3v) is 13.3. The lowest BCUT2D eigenvalue weighted by molar-refractivity contribution is -0.312. The van der Waals surface area contributed by atoms with Gasteiger partial charge in [-0.1, -0.05) is 58.0 Å². The van der Waals surface area contributed by atoms with Gasteiger partial charge in [-0.25, -0.2) is 0 Å². The van der Waals surface area contributed by atoms with Gasteiger partial charge in [0.25, 0.3) is 0 Å². The van der Waals surface area contributed by atoms with Crippen molar-refractivity contribution in [1.82, 2.24) is 4.90 Å². The Balaban J connectivity index is 1.56. The van der Waals surface area contributed by atoms with E-state index < -0.39 is 89.7 Å². The smallest absolute Gasteiger partial charge is 0.311 e. The third-order valence-electron chi connectivity index (χ3n) is 13.3. The standard InChI is InChI=1S/C43H71NO11/c1-13-32-43(10,48)37(46)27(5)35-24(2)20-42(9,55-35)38(54-40-34(45)31(19-25(3)51-40)44(11)23-30-17-15-14-16-18-30)28(6)36(29(7)39(47)52-32)53-33-22-41(8,49-12)21-26(4)50-33/h14-18,24-29,31-38,40,45-46,48H,13,19-23H2,1-12H3/t24-,25+,26-,27-,28-,29+,31-,32+,33?,34+,35-,36-,37+,38+,40?,41-,42+,43+/m0/s1. The highest BCUT2D eigenvalue weighted by molar-refractivity contribution is 5.73. The maximum Gasteiger partial charge on any atom is 0.311 e. The lowest BCUT2D eigenvalue weighted by Gasteiger charge is -2.48. The predicted molar refractivity (Wildman–Crippen MR) is 207 cm³/mol. The average Bonchev–Trinajstić information content (AvgIpc) is 3.45. The summed E-state index contributed by atoms with van der Waals surface area (Å²) < 4.78 is 45.8. The number of ether oxygens (including phenoxy) is 7. The number of rotatable bonds is 9. The summed E-state index contributed by atoms with van der Waals surface area (Å²) in [4.78, 5) is 16.4. The Bertz CT molecular complexity index is 1400. The van der Waals surface area contributed by atoms with Crippen molar-refractivity contribution >= 4 is 5.97 Å². The van der Waals surface area contributed by atoms with Crippen LogP contribution in [0.25, 0.3) is 0 Å². The highest BCUT2D eigenvalue weighted by Crippen LogP contribution is 2.48. The lowest BCUT2D eigenvalue weighted by atomic mass is 9.76. The summed E-state index contributed by atoms with van der Waals surface area (Å²) in [6.07, 6.45) is -4.92. The molecule has 1 aromatic carbocycles. The van der Waals surface area contributed by atoms with Crippen LogP contribution in [0.2, 0.25) is 0 Å². The van der Waals surface area contributed by atoms with Crippen LogP contribution in [0.4, 0.5) is 0 Å². The molecule has 4 heterocycles. The molecule has 0 aliphatic carbocycles. The van der Waals surface area contributed by atoms with E-state index in [1.807, 2.05) is 73.7 Å². The molecule has 4 aliphatic rings. The van der Waals surface area contributed by atoms with Gasteiger partial charge in [0.2, 0.25) is 0 Å². The summed E-state index contributed by atoms with van der Waals surface area (Å²) in [7, 11) is 3.69. The fourth-order valence-electron chi connectivity index (χ4n) is 10.2. The number of nitrogens with zero attached hydrogens (tertiary/aromatic N) is 1. The van der Waals surface area contributed by atoms with Crippen LogP contribution < -0.4 is 0 Å². The molecule has 3 N–H and O–H groups in total. The second-order valence-electron chi connectivity index (χ2n) is 18.2. The molecule has 0 amide bonds. The highest BCUT2D eigenvalue weighted by Gasteiger charge is 2.57.